The molecule has 2 fully saturated rings. The van der Waals surface area contributed by atoms with Crippen molar-refractivity contribution in [1.29, 1.82) is 0 Å². The predicted molar refractivity (Wildman–Crippen MR) is 111 cm³/mol. The molecule has 0 bridgehead atoms. The van der Waals surface area contributed by atoms with E-state index in [0.29, 0.717) is 28.9 Å². The van der Waals surface area contributed by atoms with Crippen molar-refractivity contribution in [2.75, 3.05) is 18.4 Å². The highest BCUT2D eigenvalue weighted by molar-refractivity contribution is 6.33. The van der Waals surface area contributed by atoms with Gasteiger partial charge in [-0.05, 0) is 37.0 Å². The van der Waals surface area contributed by atoms with Gasteiger partial charge in [-0.25, -0.2) is 10.5 Å². The van der Waals surface area contributed by atoms with Gasteiger partial charge in [-0.3, -0.25) is 14.8 Å². The fourth-order valence-corrected chi connectivity index (χ4v) is 3.97. The van der Waals surface area contributed by atoms with Crippen LogP contribution in [0.1, 0.15) is 44.1 Å². The molecule has 1 aromatic heterocycles. The number of likely N-dealkylation sites (tertiary alicyclic amines) is 1. The Morgan fingerprint density at radius 1 is 1.25 bits per heavy atom. The zero-order chi connectivity index (χ0) is 19.2. The zero-order valence-electron chi connectivity index (χ0n) is 15.6. The molecule has 28 heavy (non-hydrogen) atoms. The lowest BCUT2D eigenvalue weighted by molar-refractivity contribution is -0.135. The van der Waals surface area contributed by atoms with Gasteiger partial charge in [0.2, 0.25) is 5.91 Å². The summed E-state index contributed by atoms with van der Waals surface area (Å²) in [5, 5.41) is 12.2. The maximum absolute atomic E-state index is 12.7. The van der Waals surface area contributed by atoms with Crippen LogP contribution in [0.5, 0.6) is 0 Å². The first kappa shape index (κ1) is 22.5. The van der Waals surface area contributed by atoms with Gasteiger partial charge in [-0.15, -0.1) is 12.4 Å². The van der Waals surface area contributed by atoms with Crippen LogP contribution in [0.25, 0.3) is 6.08 Å². The van der Waals surface area contributed by atoms with Crippen molar-refractivity contribution in [3.05, 3.63) is 28.9 Å². The zero-order valence-corrected chi connectivity index (χ0v) is 17.1. The molecule has 1 aliphatic heterocycles. The minimum atomic E-state index is -0.623. The lowest BCUT2D eigenvalue weighted by atomic mass is 9.88. The fraction of sp³-hybridized carbons (Fsp3) is 0.526. The Hall–Kier alpha value is -1.83. The molecule has 1 atom stereocenters. The Morgan fingerprint density at radius 2 is 2.00 bits per heavy atom. The second kappa shape index (κ2) is 10.6. The molecule has 1 aliphatic carbocycles. The smallest absolute Gasteiger partial charge is 0.267 e. The summed E-state index contributed by atoms with van der Waals surface area (Å²) in [6.45, 7) is 1.44. The van der Waals surface area contributed by atoms with Gasteiger partial charge in [-0.2, -0.15) is 0 Å². The number of pyridine rings is 1. The molecule has 1 saturated heterocycles. The highest BCUT2D eigenvalue weighted by atomic mass is 35.5. The number of carbonyl (C=O) groups is 2. The molecule has 2 amide bonds. The normalized spacial score (nSPS) is 20.1. The first-order valence-corrected chi connectivity index (χ1v) is 9.77. The van der Waals surface area contributed by atoms with E-state index in [1.54, 1.807) is 12.3 Å². The van der Waals surface area contributed by atoms with Crippen LogP contribution in [0.15, 0.2) is 18.3 Å². The predicted octanol–water partition coefficient (Wildman–Crippen LogP) is 3.27. The number of aromatic nitrogens is 1. The standard InChI is InChI=1S/C19H25ClN4O3.ClH/c20-16-10-13(6-7-17(25)23-27)11-21-18(16)22-15-8-9-24(12-15)19(26)14-4-2-1-3-5-14;/h6-7,10-11,14-15,27H,1-5,8-9,12H2,(H,21,22)(H,23,25);1H/b7-6+;/t15-;/m1./s1. The number of hydroxylamine groups is 1. The van der Waals surface area contributed by atoms with Crippen LogP contribution < -0.4 is 10.8 Å². The van der Waals surface area contributed by atoms with Crippen LogP contribution >= 0.6 is 24.0 Å². The number of nitrogens with zero attached hydrogens (tertiary/aromatic N) is 2. The van der Waals surface area contributed by atoms with Crippen molar-refractivity contribution >= 4 is 47.7 Å². The Labute approximate surface area is 175 Å². The van der Waals surface area contributed by atoms with Gasteiger partial charge in [0.05, 0.1) is 5.02 Å². The summed E-state index contributed by atoms with van der Waals surface area (Å²) in [6, 6.07) is 1.82. The van der Waals surface area contributed by atoms with Crippen LogP contribution in [0, 0.1) is 5.92 Å². The topological polar surface area (TPSA) is 94.6 Å². The maximum atomic E-state index is 12.7. The van der Waals surface area contributed by atoms with Crippen LogP contribution in [0.3, 0.4) is 0 Å². The van der Waals surface area contributed by atoms with E-state index in [2.05, 4.69) is 10.3 Å². The highest BCUT2D eigenvalue weighted by Crippen LogP contribution is 2.28. The van der Waals surface area contributed by atoms with Gasteiger partial charge >= 0.3 is 0 Å². The van der Waals surface area contributed by atoms with Crippen molar-refractivity contribution < 1.29 is 14.8 Å². The number of amides is 2. The summed E-state index contributed by atoms with van der Waals surface area (Å²) in [6.07, 6.45) is 10.8. The molecule has 9 heteroatoms. The number of rotatable bonds is 5. The van der Waals surface area contributed by atoms with E-state index < -0.39 is 5.91 Å². The van der Waals surface area contributed by atoms with Crippen molar-refractivity contribution in [1.82, 2.24) is 15.4 Å². The quantitative estimate of drug-likeness (QED) is 0.380. The SMILES string of the molecule is Cl.O=C(/C=C/c1cnc(N[C@@H]2CCN(C(=O)C3CCCCC3)C2)c(Cl)c1)NO. The molecule has 2 aliphatic rings. The number of halogens is 2. The molecule has 0 unspecified atom stereocenters. The number of anilines is 1. The molecule has 1 saturated carbocycles. The maximum Gasteiger partial charge on any atom is 0.267 e. The summed E-state index contributed by atoms with van der Waals surface area (Å²) in [7, 11) is 0. The summed E-state index contributed by atoms with van der Waals surface area (Å²) < 4.78 is 0. The minimum absolute atomic E-state index is 0. The van der Waals surface area contributed by atoms with Gasteiger partial charge in [0.25, 0.3) is 5.91 Å². The Kier molecular flexibility index (Phi) is 8.54. The van der Waals surface area contributed by atoms with Crippen LogP contribution in [-0.4, -0.2) is 46.0 Å². The molecule has 3 N–H and O–H groups in total. The van der Waals surface area contributed by atoms with Crippen LogP contribution in [0.2, 0.25) is 5.02 Å². The van der Waals surface area contributed by atoms with E-state index in [1.807, 2.05) is 4.90 Å². The van der Waals surface area contributed by atoms with Gasteiger partial charge in [-0.1, -0.05) is 30.9 Å². The summed E-state index contributed by atoms with van der Waals surface area (Å²) in [5.41, 5.74) is 2.17. The lowest BCUT2D eigenvalue weighted by Crippen LogP contribution is -2.36. The molecule has 1 aromatic rings. The number of carbonyl (C=O) groups excluding carboxylic acids is 2. The third-order valence-corrected chi connectivity index (χ3v) is 5.48. The van der Waals surface area contributed by atoms with E-state index in [-0.39, 0.29) is 24.4 Å². The summed E-state index contributed by atoms with van der Waals surface area (Å²) in [4.78, 5) is 30.0. The summed E-state index contributed by atoms with van der Waals surface area (Å²) >= 11 is 6.29. The molecule has 3 rings (SSSR count). The van der Waals surface area contributed by atoms with Gasteiger partial charge in [0.15, 0.2) is 0 Å². The van der Waals surface area contributed by atoms with Gasteiger partial charge in [0.1, 0.15) is 5.82 Å². The largest absolute Gasteiger partial charge is 0.364 e. The van der Waals surface area contributed by atoms with Crippen molar-refractivity contribution in [3.8, 4) is 0 Å². The van der Waals surface area contributed by atoms with E-state index in [1.165, 1.54) is 24.1 Å². The first-order valence-electron chi connectivity index (χ1n) is 9.40. The molecule has 0 aromatic carbocycles. The van der Waals surface area contributed by atoms with E-state index in [9.17, 15) is 9.59 Å². The van der Waals surface area contributed by atoms with Gasteiger partial charge < -0.3 is 10.2 Å². The van der Waals surface area contributed by atoms with Gasteiger partial charge in [0, 0.05) is 37.3 Å². The third-order valence-electron chi connectivity index (χ3n) is 5.19. The second-order valence-corrected chi connectivity index (χ2v) is 7.56. The number of hydrogen-bond donors (Lipinski definition) is 3. The minimum Gasteiger partial charge on any atom is -0.364 e. The summed E-state index contributed by atoms with van der Waals surface area (Å²) in [5.74, 6) is 0.432. The van der Waals surface area contributed by atoms with E-state index >= 15 is 0 Å². The Morgan fingerprint density at radius 3 is 2.68 bits per heavy atom. The van der Waals surface area contributed by atoms with E-state index in [4.69, 9.17) is 16.8 Å². The molecule has 0 spiro atoms. The lowest BCUT2D eigenvalue weighted by Gasteiger charge is -2.26. The molecule has 154 valence electrons. The molecule has 7 nitrogen and oxygen atoms in total. The van der Waals surface area contributed by atoms with Crippen molar-refractivity contribution in [3.63, 3.8) is 0 Å². The average Bonchev–Trinajstić information content (AvgIpc) is 3.16. The first-order chi connectivity index (χ1) is 13.1. The molecule has 0 radical (unpaired) electrons. The number of nitrogens with one attached hydrogen (secondary N) is 2. The van der Waals surface area contributed by atoms with Crippen molar-refractivity contribution in [2.45, 2.75) is 44.6 Å². The Bertz CT molecular complexity index is 723. The molecular formula is C19H26Cl2N4O3. The van der Waals surface area contributed by atoms with Crippen LogP contribution in [0.4, 0.5) is 5.82 Å². The molecular weight excluding hydrogens is 403 g/mol. The average molecular weight is 429 g/mol. The second-order valence-electron chi connectivity index (χ2n) is 7.16. The third kappa shape index (κ3) is 5.83. The fourth-order valence-electron chi connectivity index (χ4n) is 3.74. The van der Waals surface area contributed by atoms with Crippen molar-refractivity contribution in [2.24, 2.45) is 5.92 Å². The Balaban J connectivity index is 0.00000280. The van der Waals surface area contributed by atoms with Crippen LogP contribution in [-0.2, 0) is 9.59 Å². The molecule has 2 heterocycles. The van der Waals surface area contributed by atoms with E-state index in [0.717, 1.165) is 38.6 Å². The highest BCUT2D eigenvalue weighted by Gasteiger charge is 2.31. The number of hydrogen-bond acceptors (Lipinski definition) is 5. The monoisotopic (exact) mass is 428 g/mol.